The minimum Gasteiger partial charge on any atom is -0.351 e. The normalized spacial score (nSPS) is 23.2. The van der Waals surface area contributed by atoms with Crippen molar-refractivity contribution in [2.75, 3.05) is 12.3 Å². The molecule has 0 radical (unpaired) electrons. The Morgan fingerprint density at radius 1 is 1.20 bits per heavy atom. The van der Waals surface area contributed by atoms with E-state index in [1.807, 2.05) is 32.5 Å². The molecule has 116 valence electrons. The molecular formula is C15H28N2O2S. The number of hydrogen-bond donors (Lipinski definition) is 2. The molecule has 0 aromatic rings. The molecule has 0 aliphatic heterocycles. The van der Waals surface area contributed by atoms with Crippen LogP contribution in [0.3, 0.4) is 0 Å². The van der Waals surface area contributed by atoms with E-state index in [0.29, 0.717) is 5.25 Å². The first-order valence-electron chi connectivity index (χ1n) is 7.54. The fraction of sp³-hybridized carbons (Fsp3) is 0.867. The van der Waals surface area contributed by atoms with Gasteiger partial charge in [-0.1, -0.05) is 40.5 Å². The Morgan fingerprint density at radius 3 is 2.45 bits per heavy atom. The second-order valence-electron chi connectivity index (χ2n) is 6.38. The summed E-state index contributed by atoms with van der Waals surface area (Å²) < 4.78 is 0. The fourth-order valence-electron chi connectivity index (χ4n) is 2.36. The maximum absolute atomic E-state index is 12.0. The Morgan fingerprint density at radius 2 is 1.85 bits per heavy atom. The van der Waals surface area contributed by atoms with Crippen LogP contribution in [0.5, 0.6) is 0 Å². The van der Waals surface area contributed by atoms with Gasteiger partial charge in [0.25, 0.3) is 0 Å². The summed E-state index contributed by atoms with van der Waals surface area (Å²) in [5.41, 5.74) is -0.453. The first kappa shape index (κ1) is 17.3. The molecule has 0 unspecified atom stereocenters. The van der Waals surface area contributed by atoms with Crippen LogP contribution in [0.25, 0.3) is 0 Å². The molecule has 0 spiro atoms. The Balaban J connectivity index is 2.38. The third-order valence-corrected chi connectivity index (χ3v) is 4.85. The molecule has 0 aromatic heterocycles. The Bertz CT molecular complexity index is 337. The molecule has 0 heterocycles. The number of hydrogen-bond acceptors (Lipinski definition) is 3. The van der Waals surface area contributed by atoms with Crippen LogP contribution >= 0.6 is 11.8 Å². The third kappa shape index (κ3) is 5.73. The second-order valence-corrected chi connectivity index (χ2v) is 7.90. The zero-order chi connectivity index (χ0) is 15.2. The van der Waals surface area contributed by atoms with E-state index < -0.39 is 5.41 Å². The number of rotatable bonds is 5. The Labute approximate surface area is 126 Å². The van der Waals surface area contributed by atoms with Crippen LogP contribution < -0.4 is 10.6 Å². The van der Waals surface area contributed by atoms with Gasteiger partial charge in [0.15, 0.2) is 0 Å². The summed E-state index contributed by atoms with van der Waals surface area (Å²) in [4.78, 5) is 23.7. The van der Waals surface area contributed by atoms with Crippen molar-refractivity contribution in [3.8, 4) is 0 Å². The van der Waals surface area contributed by atoms with E-state index in [0.717, 1.165) is 12.2 Å². The summed E-state index contributed by atoms with van der Waals surface area (Å²) >= 11 is 1.93. The van der Waals surface area contributed by atoms with Crippen molar-refractivity contribution >= 4 is 23.6 Å². The summed E-state index contributed by atoms with van der Waals surface area (Å²) in [5.74, 6) is 0.921. The van der Waals surface area contributed by atoms with E-state index in [1.54, 1.807) is 0 Å². The molecule has 5 heteroatoms. The molecule has 1 saturated carbocycles. The van der Waals surface area contributed by atoms with Crippen molar-refractivity contribution in [2.45, 2.75) is 64.7 Å². The number of amides is 2. The van der Waals surface area contributed by atoms with Crippen molar-refractivity contribution in [1.29, 1.82) is 0 Å². The molecule has 2 N–H and O–H groups in total. The van der Waals surface area contributed by atoms with Gasteiger partial charge in [0, 0.05) is 16.7 Å². The molecule has 1 aliphatic carbocycles. The van der Waals surface area contributed by atoms with Gasteiger partial charge in [0.2, 0.25) is 11.8 Å². The zero-order valence-corrected chi connectivity index (χ0v) is 13.9. The molecule has 4 nitrogen and oxygen atoms in total. The van der Waals surface area contributed by atoms with E-state index in [-0.39, 0.29) is 24.4 Å². The van der Waals surface area contributed by atoms with Crippen molar-refractivity contribution in [3.05, 3.63) is 0 Å². The highest BCUT2D eigenvalue weighted by Crippen LogP contribution is 2.28. The van der Waals surface area contributed by atoms with E-state index in [9.17, 15) is 9.59 Å². The minimum absolute atomic E-state index is 0.0730. The van der Waals surface area contributed by atoms with Crippen LogP contribution in [0.2, 0.25) is 0 Å². The lowest BCUT2D eigenvalue weighted by Crippen LogP contribution is -2.48. The van der Waals surface area contributed by atoms with E-state index in [2.05, 4.69) is 17.6 Å². The van der Waals surface area contributed by atoms with Crippen LogP contribution in [-0.4, -0.2) is 35.4 Å². The third-order valence-electron chi connectivity index (χ3n) is 3.52. The number of thioether (sulfide) groups is 1. The SMILES string of the molecule is CCS[C@H]1CCCC[C@H]1NC(=O)CNC(=O)C(C)(C)C. The number of carbonyl (C=O) groups excluding carboxylic acids is 2. The van der Waals surface area contributed by atoms with Crippen LogP contribution in [0, 0.1) is 5.41 Å². The van der Waals surface area contributed by atoms with Gasteiger partial charge in [-0.2, -0.15) is 11.8 Å². The van der Waals surface area contributed by atoms with Gasteiger partial charge in [-0.05, 0) is 18.6 Å². The van der Waals surface area contributed by atoms with Gasteiger partial charge < -0.3 is 10.6 Å². The van der Waals surface area contributed by atoms with Gasteiger partial charge in [-0.15, -0.1) is 0 Å². The highest BCUT2D eigenvalue weighted by atomic mass is 32.2. The highest BCUT2D eigenvalue weighted by molar-refractivity contribution is 7.99. The predicted molar refractivity (Wildman–Crippen MR) is 84.8 cm³/mol. The lowest BCUT2D eigenvalue weighted by Gasteiger charge is -2.31. The monoisotopic (exact) mass is 300 g/mol. The standard InChI is InChI=1S/C15H28N2O2S/c1-5-20-12-9-7-6-8-11(12)17-13(18)10-16-14(19)15(2,3)4/h11-12H,5-10H2,1-4H3,(H,16,19)(H,17,18)/t11-,12+/m1/s1. The van der Waals surface area contributed by atoms with Gasteiger partial charge in [-0.3, -0.25) is 9.59 Å². The van der Waals surface area contributed by atoms with Crippen molar-refractivity contribution in [2.24, 2.45) is 5.41 Å². The maximum atomic E-state index is 12.0. The first-order valence-corrected chi connectivity index (χ1v) is 8.58. The van der Waals surface area contributed by atoms with E-state index in [1.165, 1.54) is 19.3 Å². The Kier molecular flexibility index (Phi) is 6.86. The summed E-state index contributed by atoms with van der Waals surface area (Å²) in [6.07, 6.45) is 4.67. The van der Waals surface area contributed by atoms with Crippen molar-refractivity contribution < 1.29 is 9.59 Å². The summed E-state index contributed by atoms with van der Waals surface area (Å²) in [6.45, 7) is 7.76. The van der Waals surface area contributed by atoms with Crippen LogP contribution in [0.1, 0.15) is 53.4 Å². The van der Waals surface area contributed by atoms with Gasteiger partial charge in [0.05, 0.1) is 6.54 Å². The second kappa shape index (κ2) is 7.91. The van der Waals surface area contributed by atoms with Crippen molar-refractivity contribution in [1.82, 2.24) is 10.6 Å². The molecule has 2 amide bonds. The lowest BCUT2D eigenvalue weighted by atomic mass is 9.94. The minimum atomic E-state index is -0.453. The molecular weight excluding hydrogens is 272 g/mol. The van der Waals surface area contributed by atoms with Gasteiger partial charge >= 0.3 is 0 Å². The molecule has 2 atom stereocenters. The molecule has 20 heavy (non-hydrogen) atoms. The molecule has 1 fully saturated rings. The van der Waals surface area contributed by atoms with Crippen LogP contribution in [-0.2, 0) is 9.59 Å². The highest BCUT2D eigenvalue weighted by Gasteiger charge is 2.27. The van der Waals surface area contributed by atoms with Crippen LogP contribution in [0.15, 0.2) is 0 Å². The zero-order valence-electron chi connectivity index (χ0n) is 13.1. The van der Waals surface area contributed by atoms with E-state index in [4.69, 9.17) is 0 Å². The number of carbonyl (C=O) groups is 2. The fourth-order valence-corrected chi connectivity index (χ4v) is 3.56. The van der Waals surface area contributed by atoms with Crippen LogP contribution in [0.4, 0.5) is 0 Å². The topological polar surface area (TPSA) is 58.2 Å². The summed E-state index contributed by atoms with van der Waals surface area (Å²) in [5, 5.41) is 6.31. The summed E-state index contributed by atoms with van der Waals surface area (Å²) in [7, 11) is 0. The molecule has 0 aromatic carbocycles. The van der Waals surface area contributed by atoms with Gasteiger partial charge in [0.1, 0.15) is 0 Å². The largest absolute Gasteiger partial charge is 0.351 e. The average molecular weight is 300 g/mol. The van der Waals surface area contributed by atoms with E-state index >= 15 is 0 Å². The van der Waals surface area contributed by atoms with Gasteiger partial charge in [-0.25, -0.2) is 0 Å². The summed E-state index contributed by atoms with van der Waals surface area (Å²) in [6, 6.07) is 0.257. The first-order chi connectivity index (χ1) is 9.34. The maximum Gasteiger partial charge on any atom is 0.239 e. The lowest BCUT2D eigenvalue weighted by molar-refractivity contribution is -0.131. The van der Waals surface area contributed by atoms with Crippen molar-refractivity contribution in [3.63, 3.8) is 0 Å². The molecule has 1 rings (SSSR count). The quantitative estimate of drug-likeness (QED) is 0.819. The number of nitrogens with one attached hydrogen (secondary N) is 2. The smallest absolute Gasteiger partial charge is 0.239 e. The molecule has 0 saturated heterocycles. The average Bonchev–Trinajstić information content (AvgIpc) is 2.37. The Hall–Kier alpha value is -0.710. The molecule has 0 bridgehead atoms. The molecule has 1 aliphatic rings. The predicted octanol–water partition coefficient (Wildman–Crippen LogP) is 2.33.